The lowest BCUT2D eigenvalue weighted by molar-refractivity contribution is 0.718. The molecule has 1 atom stereocenters. The van der Waals surface area contributed by atoms with Gasteiger partial charge in [0.25, 0.3) is 0 Å². The molecule has 0 N–H and O–H groups in total. The average molecular weight is 136 g/mol. The van der Waals surface area contributed by atoms with Gasteiger partial charge in [-0.2, -0.15) is 0 Å². The maximum atomic E-state index is 2.39. The summed E-state index contributed by atoms with van der Waals surface area (Å²) in [7, 11) is 0. The topological polar surface area (TPSA) is 0 Å². The highest BCUT2D eigenvalue weighted by Gasteiger charge is 1.98. The van der Waals surface area contributed by atoms with Crippen LogP contribution in [0.2, 0.25) is 0 Å². The molecular weight excluding hydrogens is 120 g/mol. The monoisotopic (exact) mass is 136 g/mol. The van der Waals surface area contributed by atoms with Crippen LogP contribution in [0, 0.1) is 5.92 Å². The molecule has 56 valence electrons. The number of allylic oxidation sites excluding steroid dienone is 4. The van der Waals surface area contributed by atoms with E-state index in [1.54, 1.807) is 5.57 Å². The van der Waals surface area contributed by atoms with Crippen molar-refractivity contribution in [1.29, 1.82) is 0 Å². The fourth-order valence-corrected chi connectivity index (χ4v) is 1.38. The van der Waals surface area contributed by atoms with Gasteiger partial charge in [-0.3, -0.25) is 0 Å². The van der Waals surface area contributed by atoms with Crippen molar-refractivity contribution in [2.45, 2.75) is 33.1 Å². The maximum Gasteiger partial charge on any atom is -0.0225 e. The summed E-state index contributed by atoms with van der Waals surface area (Å²) in [5.41, 5.74) is 1.55. The van der Waals surface area contributed by atoms with Gasteiger partial charge in [-0.15, -0.1) is 0 Å². The van der Waals surface area contributed by atoms with Gasteiger partial charge in [-0.1, -0.05) is 30.7 Å². The highest BCUT2D eigenvalue weighted by molar-refractivity contribution is 5.05. The first-order valence-electron chi connectivity index (χ1n) is 4.11. The van der Waals surface area contributed by atoms with Crippen molar-refractivity contribution >= 4 is 0 Å². The minimum atomic E-state index is 0.747. The quantitative estimate of drug-likeness (QED) is 0.448. The van der Waals surface area contributed by atoms with Crippen molar-refractivity contribution in [2.24, 2.45) is 5.92 Å². The van der Waals surface area contributed by atoms with E-state index in [-0.39, 0.29) is 0 Å². The summed E-state index contributed by atoms with van der Waals surface area (Å²) in [4.78, 5) is 0. The van der Waals surface area contributed by atoms with E-state index in [2.05, 4.69) is 32.1 Å². The van der Waals surface area contributed by atoms with Crippen LogP contribution in [0.3, 0.4) is 0 Å². The van der Waals surface area contributed by atoms with Gasteiger partial charge in [-0.05, 0) is 32.1 Å². The van der Waals surface area contributed by atoms with Crippen LogP contribution in [0.15, 0.2) is 23.8 Å². The van der Waals surface area contributed by atoms with Crippen LogP contribution in [0.25, 0.3) is 0 Å². The lowest BCUT2D eigenvalue weighted by atomic mass is 9.99. The van der Waals surface area contributed by atoms with E-state index in [9.17, 15) is 0 Å². The van der Waals surface area contributed by atoms with Crippen LogP contribution >= 0.6 is 0 Å². The third-order valence-corrected chi connectivity index (χ3v) is 1.95. The molecule has 0 radical (unpaired) electrons. The zero-order chi connectivity index (χ0) is 7.40. The predicted molar refractivity (Wildman–Crippen MR) is 45.9 cm³/mol. The molecule has 0 aromatic heterocycles. The summed E-state index contributed by atoms with van der Waals surface area (Å²) in [5, 5.41) is 0. The van der Waals surface area contributed by atoms with Gasteiger partial charge in [0.05, 0.1) is 0 Å². The SMILES string of the molecule is CC1=CC(C)CC=CCC1. The molecule has 0 aliphatic heterocycles. The van der Waals surface area contributed by atoms with E-state index >= 15 is 0 Å². The molecule has 0 spiro atoms. The molecule has 0 amide bonds. The zero-order valence-electron chi connectivity index (χ0n) is 6.93. The van der Waals surface area contributed by atoms with Crippen LogP contribution in [0.1, 0.15) is 33.1 Å². The predicted octanol–water partition coefficient (Wildman–Crippen LogP) is 3.31. The molecular formula is C10H16. The van der Waals surface area contributed by atoms with E-state index in [1.165, 1.54) is 19.3 Å². The van der Waals surface area contributed by atoms with E-state index < -0.39 is 0 Å². The zero-order valence-corrected chi connectivity index (χ0v) is 6.93. The van der Waals surface area contributed by atoms with Crippen molar-refractivity contribution in [3.8, 4) is 0 Å². The lowest BCUT2D eigenvalue weighted by Crippen LogP contribution is -1.91. The molecule has 0 saturated heterocycles. The molecule has 0 fully saturated rings. The second kappa shape index (κ2) is 3.60. The number of hydrogen-bond donors (Lipinski definition) is 0. The van der Waals surface area contributed by atoms with Gasteiger partial charge in [-0.25, -0.2) is 0 Å². The maximum absolute atomic E-state index is 2.39. The molecule has 1 aliphatic rings. The number of rotatable bonds is 0. The molecule has 1 rings (SSSR count). The smallest absolute Gasteiger partial charge is 0.0225 e. The Balaban J connectivity index is 2.54. The Morgan fingerprint density at radius 2 is 2.20 bits per heavy atom. The third-order valence-electron chi connectivity index (χ3n) is 1.95. The largest absolute Gasteiger partial charge is 0.0882 e. The molecule has 0 heteroatoms. The Hall–Kier alpha value is -0.520. The normalized spacial score (nSPS) is 27.0. The number of hydrogen-bond acceptors (Lipinski definition) is 0. The van der Waals surface area contributed by atoms with Crippen LogP contribution in [0.4, 0.5) is 0 Å². The minimum Gasteiger partial charge on any atom is -0.0882 e. The van der Waals surface area contributed by atoms with E-state index in [0.717, 1.165) is 5.92 Å². The van der Waals surface area contributed by atoms with E-state index in [1.807, 2.05) is 0 Å². The molecule has 0 bridgehead atoms. The average Bonchev–Trinajstić information content (AvgIpc) is 1.83. The van der Waals surface area contributed by atoms with Gasteiger partial charge in [0.1, 0.15) is 0 Å². The fraction of sp³-hybridized carbons (Fsp3) is 0.600. The Morgan fingerprint density at radius 3 is 3.00 bits per heavy atom. The van der Waals surface area contributed by atoms with Crippen LogP contribution in [-0.2, 0) is 0 Å². The Bertz CT molecular complexity index is 151. The van der Waals surface area contributed by atoms with Crippen LogP contribution in [-0.4, -0.2) is 0 Å². The summed E-state index contributed by atoms with van der Waals surface area (Å²) < 4.78 is 0. The Morgan fingerprint density at radius 1 is 1.40 bits per heavy atom. The van der Waals surface area contributed by atoms with Crippen molar-refractivity contribution in [2.75, 3.05) is 0 Å². The third kappa shape index (κ3) is 2.38. The summed E-state index contributed by atoms with van der Waals surface area (Å²) in [6.07, 6.45) is 10.7. The molecule has 0 saturated carbocycles. The van der Waals surface area contributed by atoms with Gasteiger partial charge in [0, 0.05) is 0 Å². The summed E-state index contributed by atoms with van der Waals surface area (Å²) in [6, 6.07) is 0. The van der Waals surface area contributed by atoms with Crippen LogP contribution in [0.5, 0.6) is 0 Å². The Kier molecular flexibility index (Phi) is 2.73. The van der Waals surface area contributed by atoms with Gasteiger partial charge in [0.15, 0.2) is 0 Å². The van der Waals surface area contributed by atoms with Gasteiger partial charge < -0.3 is 0 Å². The fourth-order valence-electron chi connectivity index (χ4n) is 1.38. The summed E-state index contributed by atoms with van der Waals surface area (Å²) >= 11 is 0. The summed E-state index contributed by atoms with van der Waals surface area (Å²) in [6.45, 7) is 4.51. The van der Waals surface area contributed by atoms with Gasteiger partial charge in [0.2, 0.25) is 0 Å². The van der Waals surface area contributed by atoms with Crippen molar-refractivity contribution in [3.63, 3.8) is 0 Å². The first kappa shape index (κ1) is 7.59. The van der Waals surface area contributed by atoms with Gasteiger partial charge >= 0.3 is 0 Å². The van der Waals surface area contributed by atoms with E-state index in [0.29, 0.717) is 0 Å². The molecule has 0 nitrogen and oxygen atoms in total. The van der Waals surface area contributed by atoms with Crippen molar-refractivity contribution in [1.82, 2.24) is 0 Å². The van der Waals surface area contributed by atoms with E-state index in [4.69, 9.17) is 0 Å². The molecule has 1 unspecified atom stereocenters. The van der Waals surface area contributed by atoms with Crippen molar-refractivity contribution in [3.05, 3.63) is 23.8 Å². The first-order valence-corrected chi connectivity index (χ1v) is 4.11. The highest BCUT2D eigenvalue weighted by atomic mass is 14.0. The highest BCUT2D eigenvalue weighted by Crippen LogP contribution is 2.15. The minimum absolute atomic E-state index is 0.747. The molecule has 1 aliphatic carbocycles. The van der Waals surface area contributed by atoms with Crippen molar-refractivity contribution < 1.29 is 0 Å². The second-order valence-electron chi connectivity index (χ2n) is 3.24. The Labute approximate surface area is 63.6 Å². The standard InChI is InChI=1S/C10H16/c1-9-6-4-3-5-7-10(2)8-9/h3-4,8-9H,5-7H2,1-2H3. The van der Waals surface area contributed by atoms with Crippen LogP contribution < -0.4 is 0 Å². The molecule has 0 aromatic carbocycles. The molecule has 0 heterocycles. The molecule has 0 aromatic rings. The summed E-state index contributed by atoms with van der Waals surface area (Å²) in [5.74, 6) is 0.747. The lowest BCUT2D eigenvalue weighted by Gasteiger charge is -2.07. The molecule has 10 heavy (non-hydrogen) atoms. The first-order chi connectivity index (χ1) is 4.79. The second-order valence-corrected chi connectivity index (χ2v) is 3.24.